The van der Waals surface area contributed by atoms with Gasteiger partial charge in [0, 0.05) is 6.42 Å². The summed E-state index contributed by atoms with van der Waals surface area (Å²) in [6.07, 6.45) is 0.599. The normalized spacial score (nSPS) is 26.2. The number of carbonyl (C=O) groups is 1. The Bertz CT molecular complexity index is 737. The largest absolute Gasteiger partial charge is 0.391 e. The van der Waals surface area contributed by atoms with Gasteiger partial charge in [0.2, 0.25) is 5.91 Å². The zero-order valence-electron chi connectivity index (χ0n) is 13.6. The zero-order chi connectivity index (χ0) is 18.0. The summed E-state index contributed by atoms with van der Waals surface area (Å²) >= 11 is 0. The number of aromatic nitrogens is 4. The van der Waals surface area contributed by atoms with Crippen LogP contribution in [0.5, 0.6) is 0 Å². The number of imidazole rings is 1. The van der Waals surface area contributed by atoms with Gasteiger partial charge in [0.25, 0.3) is 0 Å². The molecule has 1 amide bonds. The molecule has 2 aromatic rings. The second-order valence-corrected chi connectivity index (χ2v) is 6.00. The molecule has 0 aromatic carbocycles. The minimum Gasteiger partial charge on any atom is -0.391 e. The van der Waals surface area contributed by atoms with Crippen molar-refractivity contribution in [2.45, 2.75) is 43.9 Å². The van der Waals surface area contributed by atoms with Gasteiger partial charge >= 0.3 is 0 Å². The van der Waals surface area contributed by atoms with E-state index < -0.39 is 36.4 Å². The number of amides is 1. The van der Waals surface area contributed by atoms with E-state index in [-0.39, 0.29) is 13.0 Å². The fourth-order valence-electron chi connectivity index (χ4n) is 2.58. The highest BCUT2D eigenvalue weighted by atomic mass is 16.5. The van der Waals surface area contributed by atoms with E-state index in [2.05, 4.69) is 30.6 Å². The molecule has 5 atom stereocenters. The minimum absolute atomic E-state index is 0.185. The summed E-state index contributed by atoms with van der Waals surface area (Å²) in [5.41, 5.74) is 6.69. The SMILES string of the molecule is C[C@@H](O)C(N)C(=O)NC1CO[C@H](Nc2ncnc3nc[nH]c23)C(O)C1. The number of aliphatic hydroxyl groups excluding tert-OH is 2. The van der Waals surface area contributed by atoms with Crippen molar-refractivity contribution in [1.82, 2.24) is 25.3 Å². The molecular formula is C14H21N7O4. The van der Waals surface area contributed by atoms with Crippen LogP contribution in [0.3, 0.4) is 0 Å². The number of carbonyl (C=O) groups excluding carboxylic acids is 1. The Morgan fingerprint density at radius 1 is 1.48 bits per heavy atom. The van der Waals surface area contributed by atoms with Gasteiger partial charge in [-0.05, 0) is 6.92 Å². The smallest absolute Gasteiger partial charge is 0.239 e. The van der Waals surface area contributed by atoms with Crippen molar-refractivity contribution >= 4 is 22.9 Å². The lowest BCUT2D eigenvalue weighted by Crippen LogP contribution is -2.56. The Labute approximate surface area is 143 Å². The lowest BCUT2D eigenvalue weighted by molar-refractivity contribution is -0.128. The fraction of sp³-hybridized carbons (Fsp3) is 0.571. The van der Waals surface area contributed by atoms with Gasteiger partial charge in [0.1, 0.15) is 24.0 Å². The third-order valence-corrected chi connectivity index (χ3v) is 4.02. The van der Waals surface area contributed by atoms with Gasteiger partial charge in [-0.15, -0.1) is 0 Å². The molecule has 0 saturated carbocycles. The molecule has 2 aromatic heterocycles. The molecule has 1 aliphatic heterocycles. The third kappa shape index (κ3) is 3.85. The summed E-state index contributed by atoms with van der Waals surface area (Å²) in [5.74, 6) is -0.0256. The molecule has 0 spiro atoms. The molecule has 3 unspecified atom stereocenters. The van der Waals surface area contributed by atoms with Crippen LogP contribution in [0.1, 0.15) is 13.3 Å². The van der Waals surface area contributed by atoms with Gasteiger partial charge in [0.15, 0.2) is 17.7 Å². The number of aromatic amines is 1. The van der Waals surface area contributed by atoms with Crippen molar-refractivity contribution in [1.29, 1.82) is 0 Å². The molecule has 11 nitrogen and oxygen atoms in total. The van der Waals surface area contributed by atoms with Crippen molar-refractivity contribution < 1.29 is 19.7 Å². The van der Waals surface area contributed by atoms with E-state index in [4.69, 9.17) is 10.5 Å². The molecule has 0 aliphatic carbocycles. The number of H-pyrrole nitrogens is 1. The summed E-state index contributed by atoms with van der Waals surface area (Å²) in [5, 5.41) is 25.3. The maximum atomic E-state index is 11.9. The number of fused-ring (bicyclic) bond motifs is 1. The minimum atomic E-state index is -1.03. The van der Waals surface area contributed by atoms with E-state index in [0.29, 0.717) is 17.0 Å². The van der Waals surface area contributed by atoms with E-state index in [9.17, 15) is 15.0 Å². The maximum Gasteiger partial charge on any atom is 0.239 e. The molecule has 1 saturated heterocycles. The van der Waals surface area contributed by atoms with Gasteiger partial charge in [-0.2, -0.15) is 0 Å². The molecule has 3 rings (SSSR count). The zero-order valence-corrected chi connectivity index (χ0v) is 13.6. The van der Waals surface area contributed by atoms with Crippen LogP contribution in [0.15, 0.2) is 12.7 Å². The maximum absolute atomic E-state index is 11.9. The number of nitrogens with zero attached hydrogens (tertiary/aromatic N) is 3. The van der Waals surface area contributed by atoms with E-state index in [1.807, 2.05) is 0 Å². The van der Waals surface area contributed by atoms with Gasteiger partial charge in [-0.1, -0.05) is 0 Å². The van der Waals surface area contributed by atoms with E-state index >= 15 is 0 Å². The molecule has 1 fully saturated rings. The number of rotatable bonds is 5. The quantitative estimate of drug-likeness (QED) is 0.358. The fourth-order valence-corrected chi connectivity index (χ4v) is 2.58. The summed E-state index contributed by atoms with van der Waals surface area (Å²) in [6.45, 7) is 1.62. The number of anilines is 1. The molecule has 25 heavy (non-hydrogen) atoms. The molecular weight excluding hydrogens is 330 g/mol. The summed E-state index contributed by atoms with van der Waals surface area (Å²) in [6, 6.07) is -1.43. The van der Waals surface area contributed by atoms with Crippen LogP contribution in [0.4, 0.5) is 5.82 Å². The van der Waals surface area contributed by atoms with Crippen molar-refractivity contribution in [3.05, 3.63) is 12.7 Å². The second-order valence-electron chi connectivity index (χ2n) is 6.00. The van der Waals surface area contributed by atoms with Gasteiger partial charge in [-0.25, -0.2) is 15.0 Å². The van der Waals surface area contributed by atoms with E-state index in [0.717, 1.165) is 0 Å². The predicted molar refractivity (Wildman–Crippen MR) is 87.3 cm³/mol. The summed E-state index contributed by atoms with van der Waals surface area (Å²) in [7, 11) is 0. The highest BCUT2D eigenvalue weighted by Gasteiger charge is 2.32. The Balaban J connectivity index is 1.59. The van der Waals surface area contributed by atoms with Crippen LogP contribution < -0.4 is 16.4 Å². The Morgan fingerprint density at radius 3 is 3.00 bits per heavy atom. The molecule has 1 aliphatic rings. The highest BCUT2D eigenvalue weighted by Crippen LogP contribution is 2.20. The molecule has 136 valence electrons. The first-order valence-corrected chi connectivity index (χ1v) is 7.90. The number of ether oxygens (including phenoxy) is 1. The topological polar surface area (TPSA) is 171 Å². The molecule has 0 radical (unpaired) electrons. The van der Waals surface area contributed by atoms with Crippen LogP contribution in [-0.2, 0) is 9.53 Å². The van der Waals surface area contributed by atoms with Crippen LogP contribution in [-0.4, -0.2) is 73.2 Å². The van der Waals surface area contributed by atoms with E-state index in [1.54, 1.807) is 0 Å². The highest BCUT2D eigenvalue weighted by molar-refractivity contribution is 5.82. The van der Waals surface area contributed by atoms with Crippen molar-refractivity contribution in [3.63, 3.8) is 0 Å². The van der Waals surface area contributed by atoms with Crippen molar-refractivity contribution in [2.24, 2.45) is 5.73 Å². The van der Waals surface area contributed by atoms with Crippen LogP contribution in [0.2, 0.25) is 0 Å². The first kappa shape index (κ1) is 17.5. The molecule has 0 bridgehead atoms. The summed E-state index contributed by atoms with van der Waals surface area (Å²) in [4.78, 5) is 27.0. The number of hydrogen-bond donors (Lipinski definition) is 6. The Hall–Kier alpha value is -2.34. The predicted octanol–water partition coefficient (Wildman–Crippen LogP) is -1.93. The van der Waals surface area contributed by atoms with Gasteiger partial charge in [0.05, 0.1) is 25.1 Å². The number of aliphatic hydroxyl groups is 2. The first-order chi connectivity index (χ1) is 12.0. The van der Waals surface area contributed by atoms with Crippen molar-refractivity contribution in [2.75, 3.05) is 11.9 Å². The number of hydrogen-bond acceptors (Lipinski definition) is 9. The molecule has 7 N–H and O–H groups in total. The van der Waals surface area contributed by atoms with Crippen LogP contribution in [0, 0.1) is 0 Å². The van der Waals surface area contributed by atoms with Crippen LogP contribution >= 0.6 is 0 Å². The van der Waals surface area contributed by atoms with Crippen molar-refractivity contribution in [3.8, 4) is 0 Å². The summed E-state index contributed by atoms with van der Waals surface area (Å²) < 4.78 is 5.60. The standard InChI is InChI=1S/C14H21N7O4/c1-6(22)9(15)13(24)20-7-2-8(23)14(25-3-7)21-12-10-11(17-4-16-10)18-5-19-12/h4-9,14,22-23H,2-3,15H2,1H3,(H,20,24)(H2,16,17,18,19,21)/t6-,7?,8?,9?,14+/m1/s1. The van der Waals surface area contributed by atoms with Crippen LogP contribution in [0.25, 0.3) is 11.2 Å². The lowest BCUT2D eigenvalue weighted by Gasteiger charge is -2.34. The monoisotopic (exact) mass is 351 g/mol. The third-order valence-electron chi connectivity index (χ3n) is 4.02. The van der Waals surface area contributed by atoms with E-state index in [1.165, 1.54) is 19.6 Å². The lowest BCUT2D eigenvalue weighted by atomic mass is 10.0. The number of nitrogens with one attached hydrogen (secondary N) is 3. The second kappa shape index (κ2) is 7.27. The first-order valence-electron chi connectivity index (χ1n) is 7.90. The van der Waals surface area contributed by atoms with Gasteiger partial charge in [-0.3, -0.25) is 4.79 Å². The Morgan fingerprint density at radius 2 is 2.28 bits per heavy atom. The Kier molecular flexibility index (Phi) is 5.08. The molecule has 11 heteroatoms. The average Bonchev–Trinajstić information content (AvgIpc) is 3.06. The van der Waals surface area contributed by atoms with Gasteiger partial charge < -0.3 is 36.3 Å². The number of nitrogens with two attached hydrogens (primary N) is 1. The molecule has 3 heterocycles. The average molecular weight is 351 g/mol.